The average Bonchev–Trinajstić information content (AvgIpc) is 2.42. The van der Waals surface area contributed by atoms with Crippen LogP contribution in [0.5, 0.6) is 0 Å². The summed E-state index contributed by atoms with van der Waals surface area (Å²) in [6, 6.07) is 8.84. The molecule has 0 radical (unpaired) electrons. The number of hydrogen-bond acceptors (Lipinski definition) is 2. The summed E-state index contributed by atoms with van der Waals surface area (Å²) in [5, 5.41) is 3.20. The molecule has 3 nitrogen and oxygen atoms in total. The monoisotopic (exact) mass is 286 g/mol. The molecule has 1 amide bonds. The maximum atomic E-state index is 13.8. The smallest absolute Gasteiger partial charge is 0.248 e. The quantitative estimate of drug-likeness (QED) is 0.904. The van der Waals surface area contributed by atoms with Crippen molar-refractivity contribution in [3.8, 4) is 0 Å². The number of aryl methyl sites for hydroxylation is 2. The number of carbonyl (C=O) groups is 1. The summed E-state index contributed by atoms with van der Waals surface area (Å²) in [4.78, 5) is 11.2. The van der Waals surface area contributed by atoms with Gasteiger partial charge in [-0.05, 0) is 49.6 Å². The maximum absolute atomic E-state index is 13.8. The summed E-state index contributed by atoms with van der Waals surface area (Å²) < 4.78 is 13.8. The molecule has 110 valence electrons. The second-order valence-corrected chi connectivity index (χ2v) is 5.22. The van der Waals surface area contributed by atoms with Crippen LogP contribution in [0.15, 0.2) is 30.3 Å². The van der Waals surface area contributed by atoms with Gasteiger partial charge in [-0.1, -0.05) is 18.2 Å². The number of primary amides is 1. The van der Waals surface area contributed by atoms with Gasteiger partial charge in [-0.15, -0.1) is 0 Å². The molecule has 0 bridgehead atoms. The van der Waals surface area contributed by atoms with Crippen LogP contribution in [0.25, 0.3) is 0 Å². The second-order valence-electron chi connectivity index (χ2n) is 5.22. The Morgan fingerprint density at radius 1 is 1.19 bits per heavy atom. The van der Waals surface area contributed by atoms with Crippen LogP contribution >= 0.6 is 0 Å². The third kappa shape index (κ3) is 3.21. The fourth-order valence-electron chi connectivity index (χ4n) is 2.32. The van der Waals surface area contributed by atoms with E-state index >= 15 is 0 Å². The van der Waals surface area contributed by atoms with Crippen molar-refractivity contribution >= 4 is 11.6 Å². The van der Waals surface area contributed by atoms with Gasteiger partial charge in [0.2, 0.25) is 5.91 Å². The Balaban J connectivity index is 2.30. The molecule has 0 saturated heterocycles. The Bertz CT molecular complexity index is 675. The zero-order valence-corrected chi connectivity index (χ0v) is 12.5. The highest BCUT2D eigenvalue weighted by Crippen LogP contribution is 2.22. The zero-order chi connectivity index (χ0) is 15.6. The van der Waals surface area contributed by atoms with Gasteiger partial charge >= 0.3 is 0 Å². The van der Waals surface area contributed by atoms with Gasteiger partial charge in [-0.2, -0.15) is 0 Å². The molecule has 0 unspecified atom stereocenters. The first-order chi connectivity index (χ1) is 9.90. The number of halogens is 1. The minimum absolute atomic E-state index is 0.169. The topological polar surface area (TPSA) is 55.1 Å². The fraction of sp³-hybridized carbons (Fsp3) is 0.235. The minimum Gasteiger partial charge on any atom is -0.381 e. The molecular weight excluding hydrogens is 267 g/mol. The van der Waals surface area contributed by atoms with Crippen LogP contribution < -0.4 is 11.1 Å². The van der Waals surface area contributed by atoms with Crippen molar-refractivity contribution in [3.05, 3.63) is 64.0 Å². The van der Waals surface area contributed by atoms with Crippen LogP contribution in [0.1, 0.15) is 32.6 Å². The van der Waals surface area contributed by atoms with Crippen molar-refractivity contribution in [2.75, 3.05) is 5.32 Å². The van der Waals surface area contributed by atoms with Crippen LogP contribution in [0.2, 0.25) is 0 Å². The van der Waals surface area contributed by atoms with Crippen molar-refractivity contribution in [2.45, 2.75) is 27.3 Å². The van der Waals surface area contributed by atoms with E-state index in [4.69, 9.17) is 5.73 Å². The van der Waals surface area contributed by atoms with Crippen LogP contribution in [0, 0.1) is 26.6 Å². The van der Waals surface area contributed by atoms with Crippen molar-refractivity contribution < 1.29 is 9.18 Å². The van der Waals surface area contributed by atoms with E-state index in [1.165, 1.54) is 22.8 Å². The Morgan fingerprint density at radius 3 is 2.38 bits per heavy atom. The summed E-state index contributed by atoms with van der Waals surface area (Å²) in [6.45, 7) is 6.32. The molecule has 0 atom stereocenters. The predicted octanol–water partition coefficient (Wildman–Crippen LogP) is 3.46. The summed E-state index contributed by atoms with van der Waals surface area (Å²) in [5.41, 5.74) is 9.97. The lowest BCUT2D eigenvalue weighted by Gasteiger charge is -2.14. The van der Waals surface area contributed by atoms with Crippen LogP contribution in [-0.4, -0.2) is 5.91 Å². The fourth-order valence-corrected chi connectivity index (χ4v) is 2.32. The van der Waals surface area contributed by atoms with Gasteiger partial charge in [0.25, 0.3) is 0 Å². The average molecular weight is 286 g/mol. The first-order valence-corrected chi connectivity index (χ1v) is 6.79. The summed E-state index contributed by atoms with van der Waals surface area (Å²) in [6.07, 6.45) is 0. The lowest BCUT2D eigenvalue weighted by atomic mass is 10.0. The molecule has 0 aliphatic heterocycles. The van der Waals surface area contributed by atoms with E-state index in [0.29, 0.717) is 17.8 Å². The number of hydrogen-bond donors (Lipinski definition) is 2. The molecule has 0 aliphatic carbocycles. The zero-order valence-electron chi connectivity index (χ0n) is 12.5. The van der Waals surface area contributed by atoms with Gasteiger partial charge in [0.15, 0.2) is 0 Å². The van der Waals surface area contributed by atoms with Gasteiger partial charge in [0.1, 0.15) is 5.82 Å². The highest BCUT2D eigenvalue weighted by Gasteiger charge is 2.11. The molecule has 3 N–H and O–H groups in total. The second kappa shape index (κ2) is 5.95. The van der Waals surface area contributed by atoms with Gasteiger partial charge in [0, 0.05) is 23.4 Å². The van der Waals surface area contributed by atoms with E-state index in [1.807, 2.05) is 32.0 Å². The van der Waals surface area contributed by atoms with E-state index in [1.54, 1.807) is 13.0 Å². The van der Waals surface area contributed by atoms with Gasteiger partial charge in [-0.3, -0.25) is 4.79 Å². The number of amides is 1. The van der Waals surface area contributed by atoms with Crippen molar-refractivity contribution in [2.24, 2.45) is 5.73 Å². The molecule has 0 aromatic heterocycles. The van der Waals surface area contributed by atoms with E-state index < -0.39 is 11.7 Å². The first-order valence-electron chi connectivity index (χ1n) is 6.79. The molecule has 0 heterocycles. The van der Waals surface area contributed by atoms with Gasteiger partial charge in [-0.25, -0.2) is 4.39 Å². The number of carbonyl (C=O) groups excluding carboxylic acids is 1. The van der Waals surface area contributed by atoms with Crippen molar-refractivity contribution in [1.82, 2.24) is 0 Å². The Kier molecular flexibility index (Phi) is 4.26. The lowest BCUT2D eigenvalue weighted by Crippen LogP contribution is -2.13. The van der Waals surface area contributed by atoms with Crippen molar-refractivity contribution in [1.29, 1.82) is 0 Å². The lowest BCUT2D eigenvalue weighted by molar-refractivity contribution is 0.1000. The molecule has 0 fully saturated rings. The molecule has 4 heteroatoms. The molecule has 0 aliphatic rings. The first kappa shape index (κ1) is 15.0. The number of benzene rings is 2. The molecule has 0 saturated carbocycles. The van der Waals surface area contributed by atoms with Crippen LogP contribution in [0.3, 0.4) is 0 Å². The molecular formula is C17H19FN2O. The Hall–Kier alpha value is -2.36. The number of rotatable bonds is 4. The maximum Gasteiger partial charge on any atom is 0.248 e. The highest BCUT2D eigenvalue weighted by molar-refractivity contribution is 5.94. The normalized spacial score (nSPS) is 10.5. The molecule has 2 aromatic carbocycles. The molecule has 21 heavy (non-hydrogen) atoms. The summed E-state index contributed by atoms with van der Waals surface area (Å²) >= 11 is 0. The summed E-state index contributed by atoms with van der Waals surface area (Å²) in [7, 11) is 0. The van der Waals surface area contributed by atoms with E-state index in [2.05, 4.69) is 5.32 Å². The number of anilines is 1. The standard InChI is InChI=1S/C17H19FN2O/c1-10-5-4-6-11(2)14(10)9-20-16-8-13(17(19)21)7-15(18)12(16)3/h4-8,20H,9H2,1-3H3,(H2,19,21). The predicted molar refractivity (Wildman–Crippen MR) is 82.9 cm³/mol. The van der Waals surface area contributed by atoms with E-state index in [-0.39, 0.29) is 5.56 Å². The largest absolute Gasteiger partial charge is 0.381 e. The number of nitrogens with two attached hydrogens (primary N) is 1. The van der Waals surface area contributed by atoms with Crippen LogP contribution in [0.4, 0.5) is 10.1 Å². The highest BCUT2D eigenvalue weighted by atomic mass is 19.1. The SMILES string of the molecule is Cc1cccc(C)c1CNc1cc(C(N)=O)cc(F)c1C. The summed E-state index contributed by atoms with van der Waals surface area (Å²) in [5.74, 6) is -1.07. The minimum atomic E-state index is -0.635. The van der Waals surface area contributed by atoms with Gasteiger partial charge in [0.05, 0.1) is 0 Å². The molecule has 0 spiro atoms. The van der Waals surface area contributed by atoms with E-state index in [9.17, 15) is 9.18 Å². The third-order valence-corrected chi connectivity index (χ3v) is 3.73. The third-order valence-electron chi connectivity index (χ3n) is 3.73. The molecule has 2 rings (SSSR count). The Labute approximate surface area is 124 Å². The van der Waals surface area contributed by atoms with Gasteiger partial charge < -0.3 is 11.1 Å². The van der Waals surface area contributed by atoms with E-state index in [0.717, 1.165) is 0 Å². The Morgan fingerprint density at radius 2 is 1.81 bits per heavy atom. The van der Waals surface area contributed by atoms with Crippen LogP contribution in [-0.2, 0) is 6.54 Å². The number of nitrogens with one attached hydrogen (secondary N) is 1. The van der Waals surface area contributed by atoms with Crippen molar-refractivity contribution in [3.63, 3.8) is 0 Å². The molecule has 2 aromatic rings.